The predicted molar refractivity (Wildman–Crippen MR) is 40.8 cm³/mol. The van der Waals surface area contributed by atoms with Gasteiger partial charge in [0.15, 0.2) is 0 Å². The van der Waals surface area contributed by atoms with Crippen molar-refractivity contribution in [2.24, 2.45) is 0 Å². The molecule has 0 rings (SSSR count). The van der Waals surface area contributed by atoms with Gasteiger partial charge in [-0.2, -0.15) is 0 Å². The lowest BCUT2D eigenvalue weighted by Gasteiger charge is -1.94. The summed E-state index contributed by atoms with van der Waals surface area (Å²) in [7, 11) is -1.71. The Morgan fingerprint density at radius 1 is 1.80 bits per heavy atom. The normalized spacial score (nSPS) is 14.9. The number of aliphatic hydroxyl groups is 1. The molecule has 5 heteroatoms. The summed E-state index contributed by atoms with van der Waals surface area (Å²) in [5, 5.41) is 8.86. The number of hydrogen-bond donors (Lipinski definition) is 1. The van der Waals surface area contributed by atoms with Crippen LogP contribution in [0.3, 0.4) is 0 Å². The first kappa shape index (κ1) is 10.3. The largest absolute Gasteiger partial charge is 0.510 e. The Morgan fingerprint density at radius 2 is 2.40 bits per heavy atom. The third kappa shape index (κ3) is 5.12. The maximum Gasteiger partial charge on any atom is 0.510 e. The first-order valence-electron chi connectivity index (χ1n) is 3.02. The highest BCUT2D eigenvalue weighted by atomic mass is 35.5. The van der Waals surface area contributed by atoms with E-state index in [0.29, 0.717) is 6.61 Å². The lowest BCUT2D eigenvalue weighted by atomic mass is 10.5. The summed E-state index contributed by atoms with van der Waals surface area (Å²) < 4.78 is 15.4. The Labute approximate surface area is 66.2 Å². The van der Waals surface area contributed by atoms with Crippen LogP contribution in [0.2, 0.25) is 0 Å². The first-order valence-corrected chi connectivity index (χ1v) is 4.92. The minimum absolute atomic E-state index is 0.105. The molecule has 0 aromatic carbocycles. The Kier molecular flexibility index (Phi) is 6.24. The lowest BCUT2D eigenvalue weighted by molar-refractivity contribution is 0.216. The van der Waals surface area contributed by atoms with E-state index in [1.165, 1.54) is 0 Å². The molecule has 10 heavy (non-hydrogen) atoms. The van der Waals surface area contributed by atoms with Gasteiger partial charge in [0.2, 0.25) is 6.16 Å². The zero-order chi connectivity index (χ0) is 7.98. The molecule has 0 aliphatic carbocycles. The third-order valence-corrected chi connectivity index (χ3v) is 2.43. The van der Waals surface area contributed by atoms with Gasteiger partial charge in [0.1, 0.15) is 6.10 Å². The Balaban J connectivity index is 3.37. The summed E-state index contributed by atoms with van der Waals surface area (Å²) in [5.41, 5.74) is 0. The molecule has 0 bridgehead atoms. The maximum atomic E-state index is 10.7. The molecule has 0 saturated heterocycles. The van der Waals surface area contributed by atoms with Crippen molar-refractivity contribution in [1.29, 1.82) is 0 Å². The fourth-order valence-corrected chi connectivity index (χ4v) is 1.55. The molecule has 2 unspecified atom stereocenters. The Morgan fingerprint density at radius 3 is 2.80 bits per heavy atom. The first-order chi connectivity index (χ1) is 4.70. The molecular weight excluding hydrogens is 174 g/mol. The minimum atomic E-state index is -1.71. The molecular formula is C5H11ClO3P+. The van der Waals surface area contributed by atoms with Gasteiger partial charge in [0.05, 0.1) is 12.5 Å². The monoisotopic (exact) mass is 185 g/mol. The van der Waals surface area contributed by atoms with Crippen molar-refractivity contribution in [3.05, 3.63) is 0 Å². The molecule has 0 aliphatic rings. The van der Waals surface area contributed by atoms with Gasteiger partial charge in [-0.15, -0.1) is 16.1 Å². The van der Waals surface area contributed by atoms with Gasteiger partial charge in [-0.25, -0.2) is 0 Å². The highest BCUT2D eigenvalue weighted by molar-refractivity contribution is 7.39. The van der Waals surface area contributed by atoms with Crippen molar-refractivity contribution in [3.63, 3.8) is 0 Å². The second-order valence-corrected chi connectivity index (χ2v) is 3.34. The third-order valence-electron chi connectivity index (χ3n) is 0.811. The summed E-state index contributed by atoms with van der Waals surface area (Å²) >= 11 is 5.26. The van der Waals surface area contributed by atoms with Gasteiger partial charge in [-0.1, -0.05) is 0 Å². The van der Waals surface area contributed by atoms with Crippen LogP contribution in [0.25, 0.3) is 0 Å². The number of hydrogen-bond acceptors (Lipinski definition) is 3. The number of alkyl halides is 1. The van der Waals surface area contributed by atoms with Crippen LogP contribution in [0.15, 0.2) is 0 Å². The van der Waals surface area contributed by atoms with Crippen LogP contribution in [-0.2, 0) is 9.09 Å². The summed E-state index contributed by atoms with van der Waals surface area (Å²) in [6.07, 6.45) is -0.580. The maximum absolute atomic E-state index is 10.7. The van der Waals surface area contributed by atoms with Gasteiger partial charge < -0.3 is 5.11 Å². The molecule has 0 amide bonds. The van der Waals surface area contributed by atoms with Crippen molar-refractivity contribution in [2.75, 3.05) is 18.6 Å². The zero-order valence-electron chi connectivity index (χ0n) is 5.79. The SMILES string of the molecule is CCO[P+](=O)CC(O)CCl. The minimum Gasteiger partial charge on any atom is -0.387 e. The fourth-order valence-electron chi connectivity index (χ4n) is 0.418. The smallest absolute Gasteiger partial charge is 0.387 e. The predicted octanol–water partition coefficient (Wildman–Crippen LogP) is 1.36. The van der Waals surface area contributed by atoms with E-state index in [2.05, 4.69) is 0 Å². The van der Waals surface area contributed by atoms with Crippen molar-refractivity contribution >= 4 is 19.6 Å². The van der Waals surface area contributed by atoms with Gasteiger partial charge in [-0.05, 0) is 11.5 Å². The summed E-state index contributed by atoms with van der Waals surface area (Å²) in [5.74, 6) is 0.105. The molecule has 0 radical (unpaired) electrons. The van der Waals surface area contributed by atoms with Gasteiger partial charge >= 0.3 is 8.03 Å². The van der Waals surface area contributed by atoms with Gasteiger partial charge in [0, 0.05) is 0 Å². The van der Waals surface area contributed by atoms with Crippen LogP contribution in [0, 0.1) is 0 Å². The van der Waals surface area contributed by atoms with Gasteiger partial charge in [-0.3, -0.25) is 0 Å². The van der Waals surface area contributed by atoms with E-state index in [1.807, 2.05) is 0 Å². The zero-order valence-corrected chi connectivity index (χ0v) is 7.44. The van der Waals surface area contributed by atoms with Crippen molar-refractivity contribution in [1.82, 2.24) is 0 Å². The quantitative estimate of drug-likeness (QED) is 0.520. The van der Waals surface area contributed by atoms with Crippen LogP contribution >= 0.6 is 19.6 Å². The Hall–Kier alpha value is 0.310. The second-order valence-electron chi connectivity index (χ2n) is 1.74. The topological polar surface area (TPSA) is 46.5 Å². The molecule has 0 heterocycles. The summed E-state index contributed by atoms with van der Waals surface area (Å²) in [6, 6.07) is 0. The summed E-state index contributed by atoms with van der Waals surface area (Å²) in [4.78, 5) is 0. The number of rotatable bonds is 5. The van der Waals surface area contributed by atoms with E-state index >= 15 is 0 Å². The van der Waals surface area contributed by atoms with Crippen LogP contribution in [0.5, 0.6) is 0 Å². The highest BCUT2D eigenvalue weighted by Crippen LogP contribution is 2.22. The van der Waals surface area contributed by atoms with Crippen LogP contribution < -0.4 is 0 Å². The molecule has 0 aromatic heterocycles. The molecule has 0 aliphatic heterocycles. The molecule has 60 valence electrons. The van der Waals surface area contributed by atoms with E-state index in [4.69, 9.17) is 21.2 Å². The molecule has 2 atom stereocenters. The van der Waals surface area contributed by atoms with Crippen LogP contribution in [0.4, 0.5) is 0 Å². The molecule has 1 N–H and O–H groups in total. The number of aliphatic hydroxyl groups excluding tert-OH is 1. The van der Waals surface area contributed by atoms with E-state index in [1.54, 1.807) is 6.92 Å². The van der Waals surface area contributed by atoms with Crippen molar-refractivity contribution < 1.29 is 14.2 Å². The molecule has 3 nitrogen and oxygen atoms in total. The Bertz CT molecular complexity index is 109. The standard InChI is InChI=1S/C5H11ClO3P/c1-2-9-10(8)4-5(7)3-6/h5,7H,2-4H2,1H3/q+1. The highest BCUT2D eigenvalue weighted by Gasteiger charge is 2.21. The van der Waals surface area contributed by atoms with Crippen molar-refractivity contribution in [2.45, 2.75) is 13.0 Å². The average Bonchev–Trinajstić information content (AvgIpc) is 1.88. The van der Waals surface area contributed by atoms with Crippen LogP contribution in [0.1, 0.15) is 6.92 Å². The van der Waals surface area contributed by atoms with Gasteiger partial charge in [0.25, 0.3) is 0 Å². The number of halogens is 1. The van der Waals surface area contributed by atoms with E-state index in [-0.39, 0.29) is 12.0 Å². The summed E-state index contributed by atoms with van der Waals surface area (Å²) in [6.45, 7) is 2.16. The lowest BCUT2D eigenvalue weighted by Crippen LogP contribution is -2.11. The molecule has 0 spiro atoms. The van der Waals surface area contributed by atoms with Crippen LogP contribution in [-0.4, -0.2) is 29.9 Å². The van der Waals surface area contributed by atoms with E-state index in [9.17, 15) is 4.57 Å². The average molecular weight is 186 g/mol. The second kappa shape index (κ2) is 6.05. The van der Waals surface area contributed by atoms with Crippen molar-refractivity contribution in [3.8, 4) is 0 Å². The van der Waals surface area contributed by atoms with E-state index < -0.39 is 14.1 Å². The molecule has 0 fully saturated rings. The molecule has 0 aromatic rings. The molecule has 0 saturated carbocycles. The fraction of sp³-hybridized carbons (Fsp3) is 1.00. The van der Waals surface area contributed by atoms with E-state index in [0.717, 1.165) is 0 Å².